The van der Waals surface area contributed by atoms with Crippen LogP contribution in [0.5, 0.6) is 0 Å². The number of aliphatic hydroxyl groups excluding tert-OH is 1. The Kier molecular flexibility index (Phi) is 5.80. The van der Waals surface area contributed by atoms with Crippen molar-refractivity contribution >= 4 is 28.9 Å². The third kappa shape index (κ3) is 4.86. The van der Waals surface area contributed by atoms with Crippen LogP contribution in [0.15, 0.2) is 0 Å². The highest BCUT2D eigenvalue weighted by Crippen LogP contribution is 2.28. The predicted octanol–water partition coefficient (Wildman–Crippen LogP) is 1.09. The number of hydrogen-bond acceptors (Lipinski definition) is 6. The molecule has 0 aromatic rings. The van der Waals surface area contributed by atoms with Crippen LogP contribution in [0.2, 0.25) is 0 Å². The Morgan fingerprint density at radius 2 is 1.96 bits per heavy atom. The van der Waals surface area contributed by atoms with Gasteiger partial charge in [0.05, 0.1) is 18.7 Å². The molecule has 1 N–H and O–H groups in total. The van der Waals surface area contributed by atoms with Gasteiger partial charge in [0, 0.05) is 32.2 Å². The Morgan fingerprint density at radius 1 is 1.29 bits per heavy atom. The number of ether oxygens (including phenoxy) is 1. The fourth-order valence-electron chi connectivity index (χ4n) is 3.03. The molecule has 2 fully saturated rings. The number of thioether (sulfide) groups is 1. The number of rotatable bonds is 3. The zero-order valence-corrected chi connectivity index (χ0v) is 15.5. The molecule has 2 rings (SSSR count). The lowest BCUT2D eigenvalue weighted by Crippen LogP contribution is -2.44. The second kappa shape index (κ2) is 7.31. The summed E-state index contributed by atoms with van der Waals surface area (Å²) >= 11 is 1.22. The smallest absolute Gasteiger partial charge is 0.410 e. The third-order valence-corrected chi connectivity index (χ3v) is 5.12. The van der Waals surface area contributed by atoms with E-state index in [2.05, 4.69) is 0 Å². The van der Waals surface area contributed by atoms with E-state index in [0.717, 1.165) is 0 Å². The van der Waals surface area contributed by atoms with E-state index >= 15 is 0 Å². The Balaban J connectivity index is 1.94. The first kappa shape index (κ1) is 19.1. The van der Waals surface area contributed by atoms with E-state index in [1.807, 2.05) is 0 Å². The highest BCUT2D eigenvalue weighted by atomic mass is 32.2. The molecule has 0 aromatic carbocycles. The number of likely N-dealkylation sites (tertiary alicyclic amines) is 2. The highest BCUT2D eigenvalue weighted by molar-refractivity contribution is 8.13. The van der Waals surface area contributed by atoms with Crippen LogP contribution in [-0.2, 0) is 14.3 Å². The van der Waals surface area contributed by atoms with Crippen LogP contribution >= 0.6 is 11.8 Å². The van der Waals surface area contributed by atoms with Crippen LogP contribution in [0.3, 0.4) is 0 Å². The summed E-state index contributed by atoms with van der Waals surface area (Å²) in [7, 11) is 0. The molecule has 0 spiro atoms. The zero-order chi connectivity index (χ0) is 18.1. The predicted molar refractivity (Wildman–Crippen MR) is 90.6 cm³/mol. The molecule has 8 heteroatoms. The zero-order valence-electron chi connectivity index (χ0n) is 14.7. The van der Waals surface area contributed by atoms with E-state index in [4.69, 9.17) is 4.74 Å². The van der Waals surface area contributed by atoms with Gasteiger partial charge in [0.1, 0.15) is 5.60 Å². The summed E-state index contributed by atoms with van der Waals surface area (Å²) in [6.07, 6.45) is -0.865. The maximum absolute atomic E-state index is 12.3. The van der Waals surface area contributed by atoms with Crippen molar-refractivity contribution in [2.75, 3.05) is 25.4 Å². The summed E-state index contributed by atoms with van der Waals surface area (Å²) in [5.41, 5.74) is -0.599. The molecule has 2 aliphatic heterocycles. The van der Waals surface area contributed by atoms with Crippen molar-refractivity contribution < 1.29 is 24.2 Å². The van der Waals surface area contributed by atoms with Gasteiger partial charge in [0.2, 0.25) is 5.91 Å². The van der Waals surface area contributed by atoms with E-state index < -0.39 is 23.8 Å². The van der Waals surface area contributed by atoms with E-state index in [-0.39, 0.29) is 30.0 Å². The van der Waals surface area contributed by atoms with Crippen LogP contribution < -0.4 is 0 Å². The van der Waals surface area contributed by atoms with Gasteiger partial charge >= 0.3 is 6.09 Å². The largest absolute Gasteiger partial charge is 0.444 e. The van der Waals surface area contributed by atoms with E-state index in [1.165, 1.54) is 23.6 Å². The molecule has 3 unspecified atom stereocenters. The van der Waals surface area contributed by atoms with Gasteiger partial charge in [-0.3, -0.25) is 9.59 Å². The second-order valence-corrected chi connectivity index (χ2v) is 8.64. The summed E-state index contributed by atoms with van der Waals surface area (Å²) in [4.78, 5) is 38.6. The van der Waals surface area contributed by atoms with Crippen molar-refractivity contribution in [3.63, 3.8) is 0 Å². The minimum absolute atomic E-state index is 0.0285. The normalized spacial score (nSPS) is 27.7. The summed E-state index contributed by atoms with van der Waals surface area (Å²) in [5, 5.41) is 10.3. The van der Waals surface area contributed by atoms with Crippen LogP contribution in [-0.4, -0.2) is 75.2 Å². The quantitative estimate of drug-likeness (QED) is 0.813. The van der Waals surface area contributed by atoms with E-state index in [1.54, 1.807) is 25.7 Å². The topological polar surface area (TPSA) is 87.2 Å². The lowest BCUT2D eigenvalue weighted by Gasteiger charge is -2.27. The molecule has 3 atom stereocenters. The van der Waals surface area contributed by atoms with Gasteiger partial charge in [0.25, 0.3) is 0 Å². The lowest BCUT2D eigenvalue weighted by atomic mass is 10.1. The van der Waals surface area contributed by atoms with Gasteiger partial charge in [-0.05, 0) is 26.7 Å². The number of carbonyl (C=O) groups excluding carboxylic acids is 3. The molecule has 2 amide bonds. The fourth-order valence-corrected chi connectivity index (χ4v) is 3.72. The summed E-state index contributed by atoms with van der Waals surface area (Å²) in [5.74, 6) is 0.685. The molecule has 7 nitrogen and oxygen atoms in total. The van der Waals surface area contributed by atoms with Crippen LogP contribution in [0.4, 0.5) is 4.79 Å². The molecular formula is C16H26N2O5S. The standard InChI is InChI=1S/C16H26N2O5S/c1-10(19)24-9-11-5-14(21)18(6-11)12-7-17(8-13(12)20)15(22)23-16(2,3)4/h11-13,20H,5-9H2,1-4H3. The Morgan fingerprint density at radius 3 is 2.54 bits per heavy atom. The Bertz CT molecular complexity index is 519. The van der Waals surface area contributed by atoms with Gasteiger partial charge in [-0.15, -0.1) is 0 Å². The third-order valence-electron chi connectivity index (χ3n) is 4.07. The SMILES string of the molecule is CC(=O)SCC1CC(=O)N(C2CN(C(=O)OC(C)(C)C)CC2O)C1. The maximum atomic E-state index is 12.3. The Hall–Kier alpha value is -1.28. The summed E-state index contributed by atoms with van der Waals surface area (Å²) in [6.45, 7) is 7.83. The monoisotopic (exact) mass is 358 g/mol. The van der Waals surface area contributed by atoms with Crippen molar-refractivity contribution in [2.45, 2.75) is 51.9 Å². The maximum Gasteiger partial charge on any atom is 0.410 e. The first-order chi connectivity index (χ1) is 11.1. The van der Waals surface area contributed by atoms with Gasteiger partial charge in [-0.2, -0.15) is 0 Å². The molecule has 0 bridgehead atoms. The molecule has 0 aromatic heterocycles. The minimum Gasteiger partial charge on any atom is -0.444 e. The number of carbonyl (C=O) groups is 3. The van der Waals surface area contributed by atoms with Crippen molar-refractivity contribution in [3.05, 3.63) is 0 Å². The van der Waals surface area contributed by atoms with Crippen LogP contribution in [0, 0.1) is 5.92 Å². The molecule has 2 aliphatic rings. The van der Waals surface area contributed by atoms with Gasteiger partial charge in [0.15, 0.2) is 5.12 Å². The number of β-amino-alcohol motifs (C(OH)–C–C–N with tert-alkyl or cyclic N) is 1. The molecule has 0 saturated carbocycles. The van der Waals surface area contributed by atoms with Gasteiger partial charge in [-0.25, -0.2) is 4.79 Å². The van der Waals surface area contributed by atoms with Crippen LogP contribution in [0.1, 0.15) is 34.1 Å². The van der Waals surface area contributed by atoms with Gasteiger partial charge < -0.3 is 19.6 Å². The first-order valence-electron chi connectivity index (χ1n) is 8.15. The summed E-state index contributed by atoms with van der Waals surface area (Å²) in [6, 6.07) is -0.405. The molecule has 0 aliphatic carbocycles. The number of nitrogens with zero attached hydrogens (tertiary/aromatic N) is 2. The van der Waals surface area contributed by atoms with Crippen molar-refractivity contribution in [2.24, 2.45) is 5.92 Å². The van der Waals surface area contributed by atoms with Crippen molar-refractivity contribution in [1.82, 2.24) is 9.80 Å². The minimum atomic E-state index is -0.777. The molecule has 2 saturated heterocycles. The average Bonchev–Trinajstić information content (AvgIpc) is 2.97. The molecule has 0 radical (unpaired) electrons. The van der Waals surface area contributed by atoms with E-state index in [9.17, 15) is 19.5 Å². The fraction of sp³-hybridized carbons (Fsp3) is 0.812. The molecular weight excluding hydrogens is 332 g/mol. The number of hydrogen-bond donors (Lipinski definition) is 1. The van der Waals surface area contributed by atoms with E-state index in [0.29, 0.717) is 18.7 Å². The van der Waals surface area contributed by atoms with Crippen molar-refractivity contribution in [3.8, 4) is 0 Å². The van der Waals surface area contributed by atoms with Crippen LogP contribution in [0.25, 0.3) is 0 Å². The molecule has 136 valence electrons. The Labute approximate surface area is 146 Å². The molecule has 24 heavy (non-hydrogen) atoms. The van der Waals surface area contributed by atoms with Crippen molar-refractivity contribution in [1.29, 1.82) is 0 Å². The van der Waals surface area contributed by atoms with Gasteiger partial charge in [-0.1, -0.05) is 11.8 Å². The lowest BCUT2D eigenvalue weighted by molar-refractivity contribution is -0.131. The highest BCUT2D eigenvalue weighted by Gasteiger charge is 2.44. The molecule has 2 heterocycles. The average molecular weight is 358 g/mol. The number of aliphatic hydroxyl groups is 1. The first-order valence-corrected chi connectivity index (χ1v) is 9.14. The number of amides is 2. The summed E-state index contributed by atoms with van der Waals surface area (Å²) < 4.78 is 5.33. The second-order valence-electron chi connectivity index (χ2n) is 7.44.